The summed E-state index contributed by atoms with van der Waals surface area (Å²) in [5, 5.41) is 0. The topological polar surface area (TPSA) is 67.6 Å². The van der Waals surface area contributed by atoms with Gasteiger partial charge in [0.2, 0.25) is 0 Å². The standard InChI is InChI=1S/C40H84N4/c1-3-5-7-9-11-13-15-17-19-21-23-25-27-29-31-33-37-44(39-35-36-43-40(41)42)38-34-32-30-28-26-24-22-20-18-16-14-12-10-8-6-4-2/h3-39H2,1-2H3,(H4,41,42,43). The van der Waals surface area contributed by atoms with Crippen molar-refractivity contribution < 1.29 is 0 Å². The molecule has 0 aromatic rings. The largest absolute Gasteiger partial charge is 0.370 e. The Morgan fingerprint density at radius 2 is 0.568 bits per heavy atom. The molecule has 0 aromatic carbocycles. The Hall–Kier alpha value is -0.770. The molecule has 0 saturated heterocycles. The van der Waals surface area contributed by atoms with Gasteiger partial charge in [0, 0.05) is 6.54 Å². The van der Waals surface area contributed by atoms with Crippen molar-refractivity contribution >= 4 is 5.96 Å². The van der Waals surface area contributed by atoms with E-state index < -0.39 is 0 Å². The molecule has 0 fully saturated rings. The summed E-state index contributed by atoms with van der Waals surface area (Å²) in [5.41, 5.74) is 11.1. The number of aliphatic imine (C=N–C) groups is 1. The molecule has 0 spiro atoms. The molecule has 0 atom stereocenters. The van der Waals surface area contributed by atoms with Crippen molar-refractivity contribution in [3.05, 3.63) is 0 Å². The van der Waals surface area contributed by atoms with Crippen LogP contribution in [0.5, 0.6) is 0 Å². The molecule has 4 nitrogen and oxygen atoms in total. The van der Waals surface area contributed by atoms with Crippen molar-refractivity contribution in [3.63, 3.8) is 0 Å². The first-order chi connectivity index (χ1) is 21.7. The van der Waals surface area contributed by atoms with Gasteiger partial charge < -0.3 is 16.4 Å². The van der Waals surface area contributed by atoms with Crippen LogP contribution in [0.3, 0.4) is 0 Å². The van der Waals surface area contributed by atoms with E-state index in [4.69, 9.17) is 11.5 Å². The minimum absolute atomic E-state index is 0.229. The van der Waals surface area contributed by atoms with E-state index in [0.29, 0.717) is 0 Å². The van der Waals surface area contributed by atoms with Gasteiger partial charge in [0.25, 0.3) is 0 Å². The SMILES string of the molecule is CCCCCCCCCCCCCCCCCCN(CCCCCCCCCCCCCCCCCC)CCCN=C(N)N. The van der Waals surface area contributed by atoms with Gasteiger partial charge in [0.15, 0.2) is 5.96 Å². The Morgan fingerprint density at radius 3 is 0.818 bits per heavy atom. The summed E-state index contributed by atoms with van der Waals surface area (Å²) in [6.07, 6.45) is 47.0. The maximum atomic E-state index is 5.53. The highest BCUT2D eigenvalue weighted by atomic mass is 15.1. The quantitative estimate of drug-likeness (QED) is 0.0410. The minimum atomic E-state index is 0.229. The van der Waals surface area contributed by atoms with Crippen LogP contribution in [0.25, 0.3) is 0 Å². The fourth-order valence-electron chi connectivity index (χ4n) is 6.60. The van der Waals surface area contributed by atoms with Crippen LogP contribution >= 0.6 is 0 Å². The van der Waals surface area contributed by atoms with Crippen LogP contribution < -0.4 is 11.5 Å². The molecule has 0 saturated carbocycles. The normalized spacial score (nSPS) is 11.5. The third-order valence-electron chi connectivity index (χ3n) is 9.58. The number of unbranched alkanes of at least 4 members (excludes halogenated alkanes) is 30. The van der Waals surface area contributed by atoms with E-state index in [1.165, 1.54) is 219 Å². The lowest BCUT2D eigenvalue weighted by Gasteiger charge is -2.22. The highest BCUT2D eigenvalue weighted by Crippen LogP contribution is 2.16. The number of hydrogen-bond acceptors (Lipinski definition) is 2. The summed E-state index contributed by atoms with van der Waals surface area (Å²) < 4.78 is 0. The van der Waals surface area contributed by atoms with E-state index in [9.17, 15) is 0 Å². The van der Waals surface area contributed by atoms with Gasteiger partial charge in [0.05, 0.1) is 0 Å². The fourth-order valence-corrected chi connectivity index (χ4v) is 6.60. The number of rotatable bonds is 38. The van der Waals surface area contributed by atoms with Crippen molar-refractivity contribution in [1.29, 1.82) is 0 Å². The molecular formula is C40H84N4. The zero-order valence-electron chi connectivity index (χ0n) is 30.7. The minimum Gasteiger partial charge on any atom is -0.370 e. The van der Waals surface area contributed by atoms with Gasteiger partial charge in [-0.15, -0.1) is 0 Å². The van der Waals surface area contributed by atoms with Gasteiger partial charge in [-0.1, -0.05) is 206 Å². The predicted molar refractivity (Wildman–Crippen MR) is 201 cm³/mol. The lowest BCUT2D eigenvalue weighted by atomic mass is 10.0. The van der Waals surface area contributed by atoms with Crippen LogP contribution in [-0.4, -0.2) is 37.0 Å². The molecule has 4 N–H and O–H groups in total. The average Bonchev–Trinajstić information content (AvgIpc) is 3.02. The fraction of sp³-hybridized carbons (Fsp3) is 0.975. The molecule has 0 heterocycles. The first kappa shape index (κ1) is 43.2. The number of nitrogens with zero attached hydrogens (tertiary/aromatic N) is 2. The molecule has 4 heteroatoms. The van der Waals surface area contributed by atoms with Gasteiger partial charge in [-0.3, -0.25) is 4.99 Å². The maximum Gasteiger partial charge on any atom is 0.185 e. The first-order valence-corrected chi connectivity index (χ1v) is 20.5. The zero-order valence-corrected chi connectivity index (χ0v) is 30.7. The lowest BCUT2D eigenvalue weighted by Crippen LogP contribution is -2.28. The Bertz CT molecular complexity index is 509. The molecule has 0 aromatic heterocycles. The molecule has 0 bridgehead atoms. The predicted octanol–water partition coefficient (Wildman–Crippen LogP) is 12.5. The van der Waals surface area contributed by atoms with Gasteiger partial charge in [-0.2, -0.15) is 0 Å². The molecular weight excluding hydrogens is 536 g/mol. The van der Waals surface area contributed by atoms with E-state index in [2.05, 4.69) is 23.7 Å². The van der Waals surface area contributed by atoms with Crippen molar-refractivity contribution in [1.82, 2.24) is 4.90 Å². The molecule has 0 rings (SSSR count). The molecule has 0 aliphatic heterocycles. The van der Waals surface area contributed by atoms with Crippen LogP contribution in [0, 0.1) is 0 Å². The highest BCUT2D eigenvalue weighted by molar-refractivity contribution is 5.75. The number of nitrogens with two attached hydrogens (primary N) is 2. The first-order valence-electron chi connectivity index (χ1n) is 20.5. The summed E-state index contributed by atoms with van der Waals surface area (Å²) in [6, 6.07) is 0. The third-order valence-corrected chi connectivity index (χ3v) is 9.58. The number of guanidine groups is 1. The van der Waals surface area contributed by atoms with Crippen LogP contribution in [0.1, 0.15) is 226 Å². The summed E-state index contributed by atoms with van der Waals surface area (Å²) in [6.45, 7) is 9.00. The molecule has 0 aliphatic rings. The lowest BCUT2D eigenvalue weighted by molar-refractivity contribution is 0.258. The Labute approximate surface area is 278 Å². The third kappa shape index (κ3) is 37.4. The van der Waals surface area contributed by atoms with Crippen molar-refractivity contribution in [3.8, 4) is 0 Å². The van der Waals surface area contributed by atoms with Crippen LogP contribution in [0.4, 0.5) is 0 Å². The van der Waals surface area contributed by atoms with E-state index in [-0.39, 0.29) is 5.96 Å². The summed E-state index contributed by atoms with van der Waals surface area (Å²) in [4.78, 5) is 6.89. The van der Waals surface area contributed by atoms with Gasteiger partial charge in [-0.25, -0.2) is 0 Å². The van der Waals surface area contributed by atoms with E-state index in [0.717, 1.165) is 19.5 Å². The smallest absolute Gasteiger partial charge is 0.185 e. The van der Waals surface area contributed by atoms with Gasteiger partial charge in [-0.05, 0) is 38.9 Å². The van der Waals surface area contributed by atoms with E-state index >= 15 is 0 Å². The molecule has 44 heavy (non-hydrogen) atoms. The Morgan fingerprint density at radius 1 is 0.341 bits per heavy atom. The monoisotopic (exact) mass is 621 g/mol. The second kappa shape index (κ2) is 38.4. The van der Waals surface area contributed by atoms with Gasteiger partial charge >= 0.3 is 0 Å². The summed E-state index contributed by atoms with van der Waals surface area (Å²) >= 11 is 0. The molecule has 0 aliphatic carbocycles. The Kier molecular flexibility index (Phi) is 37.7. The second-order valence-corrected chi connectivity index (χ2v) is 14.1. The zero-order chi connectivity index (χ0) is 32.0. The highest BCUT2D eigenvalue weighted by Gasteiger charge is 2.05. The molecule has 0 radical (unpaired) electrons. The van der Waals surface area contributed by atoms with E-state index in [1.54, 1.807) is 0 Å². The maximum absolute atomic E-state index is 5.53. The number of hydrogen-bond donors (Lipinski definition) is 2. The van der Waals surface area contributed by atoms with Crippen molar-refractivity contribution in [2.75, 3.05) is 26.2 Å². The average molecular weight is 621 g/mol. The van der Waals surface area contributed by atoms with Gasteiger partial charge in [0.1, 0.15) is 0 Å². The molecule has 0 unspecified atom stereocenters. The summed E-state index contributed by atoms with van der Waals surface area (Å²) in [7, 11) is 0. The molecule has 264 valence electrons. The van der Waals surface area contributed by atoms with Crippen molar-refractivity contribution in [2.45, 2.75) is 226 Å². The molecule has 0 amide bonds. The van der Waals surface area contributed by atoms with Crippen molar-refractivity contribution in [2.24, 2.45) is 16.5 Å². The Balaban J connectivity index is 3.69. The van der Waals surface area contributed by atoms with E-state index in [1.807, 2.05) is 0 Å². The van der Waals surface area contributed by atoms with Crippen LogP contribution in [0.15, 0.2) is 4.99 Å². The van der Waals surface area contributed by atoms with Crippen LogP contribution in [-0.2, 0) is 0 Å². The summed E-state index contributed by atoms with van der Waals surface area (Å²) in [5.74, 6) is 0.229. The second-order valence-electron chi connectivity index (χ2n) is 14.1. The van der Waals surface area contributed by atoms with Crippen LogP contribution in [0.2, 0.25) is 0 Å².